The molecule has 1 aromatic carbocycles. The van der Waals surface area contributed by atoms with Gasteiger partial charge in [-0.15, -0.1) is 0 Å². The molecule has 1 aliphatic heterocycles. The monoisotopic (exact) mass is 236 g/mol. The molecule has 1 unspecified atom stereocenters. The maximum absolute atomic E-state index is 12.0. The smallest absolute Gasteiger partial charge is 0.182 e. The standard InChI is InChI=1S/C11H12N2O2S/c1-8-2-3-10-11(6-8)16(14,15)7-9(13-10)4-5-12/h2-3,6,9,13H,4,7H2,1H3. The first-order chi connectivity index (χ1) is 7.53. The first kappa shape index (κ1) is 11.0. The van der Waals surface area contributed by atoms with Crippen molar-refractivity contribution in [2.24, 2.45) is 0 Å². The molecular formula is C11H12N2O2S. The number of aryl methyl sites for hydroxylation is 1. The van der Waals surface area contributed by atoms with E-state index in [9.17, 15) is 8.42 Å². The average molecular weight is 236 g/mol. The van der Waals surface area contributed by atoms with E-state index in [1.807, 2.05) is 19.1 Å². The molecule has 1 atom stereocenters. The highest BCUT2D eigenvalue weighted by Crippen LogP contribution is 2.29. The Balaban J connectivity index is 2.48. The van der Waals surface area contributed by atoms with Gasteiger partial charge in [0.2, 0.25) is 0 Å². The summed E-state index contributed by atoms with van der Waals surface area (Å²) in [6.45, 7) is 1.86. The summed E-state index contributed by atoms with van der Waals surface area (Å²) in [6.07, 6.45) is 0.201. The summed E-state index contributed by atoms with van der Waals surface area (Å²) < 4.78 is 23.9. The van der Waals surface area contributed by atoms with Crippen LogP contribution in [0.5, 0.6) is 0 Å². The third-order valence-corrected chi connectivity index (χ3v) is 4.44. The molecule has 0 aliphatic carbocycles. The molecule has 1 aromatic rings. The van der Waals surface area contributed by atoms with Crippen LogP contribution in [-0.2, 0) is 9.84 Å². The molecule has 4 nitrogen and oxygen atoms in total. The summed E-state index contributed by atoms with van der Waals surface area (Å²) in [7, 11) is -3.25. The maximum atomic E-state index is 12.0. The van der Waals surface area contributed by atoms with Gasteiger partial charge in [0.15, 0.2) is 9.84 Å². The molecule has 0 aromatic heterocycles. The van der Waals surface area contributed by atoms with Crippen LogP contribution in [-0.4, -0.2) is 20.2 Å². The SMILES string of the molecule is Cc1ccc2c(c1)S(=O)(=O)CC(CC#N)N2. The van der Waals surface area contributed by atoms with Gasteiger partial charge in [0.1, 0.15) is 0 Å². The fourth-order valence-electron chi connectivity index (χ4n) is 1.84. The van der Waals surface area contributed by atoms with E-state index < -0.39 is 9.84 Å². The summed E-state index contributed by atoms with van der Waals surface area (Å²) in [6, 6.07) is 6.97. The second-order valence-electron chi connectivity index (χ2n) is 3.98. The lowest BCUT2D eigenvalue weighted by atomic mass is 10.2. The molecule has 0 amide bonds. The minimum atomic E-state index is -3.25. The number of hydrogen-bond donors (Lipinski definition) is 1. The first-order valence-electron chi connectivity index (χ1n) is 5.00. The van der Waals surface area contributed by atoms with Crippen LogP contribution in [0.15, 0.2) is 23.1 Å². The van der Waals surface area contributed by atoms with Crippen LogP contribution in [0.4, 0.5) is 5.69 Å². The van der Waals surface area contributed by atoms with Crippen molar-refractivity contribution in [3.63, 3.8) is 0 Å². The summed E-state index contributed by atoms with van der Waals surface area (Å²) in [5, 5.41) is 11.7. The number of hydrogen-bond acceptors (Lipinski definition) is 4. The number of nitrogens with zero attached hydrogens (tertiary/aromatic N) is 1. The highest BCUT2D eigenvalue weighted by Gasteiger charge is 2.29. The van der Waals surface area contributed by atoms with E-state index in [0.717, 1.165) is 5.56 Å². The summed E-state index contributed by atoms with van der Waals surface area (Å²) >= 11 is 0. The fraction of sp³-hybridized carbons (Fsp3) is 0.364. The van der Waals surface area contributed by atoms with E-state index in [2.05, 4.69) is 5.32 Å². The Morgan fingerprint density at radius 2 is 2.31 bits per heavy atom. The Hall–Kier alpha value is -1.54. The summed E-state index contributed by atoms with van der Waals surface area (Å²) in [4.78, 5) is 0.349. The summed E-state index contributed by atoms with van der Waals surface area (Å²) in [5.41, 5.74) is 1.53. The molecule has 1 aliphatic rings. The van der Waals surface area contributed by atoms with Gasteiger partial charge in [0, 0.05) is 0 Å². The number of anilines is 1. The Morgan fingerprint density at radius 3 is 3.00 bits per heavy atom. The van der Waals surface area contributed by atoms with Crippen molar-refractivity contribution in [3.05, 3.63) is 23.8 Å². The quantitative estimate of drug-likeness (QED) is 0.801. The molecule has 2 rings (SSSR count). The van der Waals surface area contributed by atoms with Gasteiger partial charge < -0.3 is 5.32 Å². The zero-order valence-electron chi connectivity index (χ0n) is 8.90. The van der Waals surface area contributed by atoms with Gasteiger partial charge in [-0.2, -0.15) is 5.26 Å². The molecular weight excluding hydrogens is 224 g/mol. The molecule has 0 radical (unpaired) electrons. The molecule has 0 bridgehead atoms. The zero-order chi connectivity index (χ0) is 11.8. The minimum absolute atomic E-state index is 0.00296. The number of rotatable bonds is 1. The van der Waals surface area contributed by atoms with Crippen molar-refractivity contribution in [2.75, 3.05) is 11.1 Å². The van der Waals surface area contributed by atoms with Gasteiger partial charge in [-0.25, -0.2) is 8.42 Å². The van der Waals surface area contributed by atoms with Crippen molar-refractivity contribution in [3.8, 4) is 6.07 Å². The molecule has 1 N–H and O–H groups in total. The molecule has 0 fully saturated rings. The van der Waals surface area contributed by atoms with Crippen molar-refractivity contribution >= 4 is 15.5 Å². The normalized spacial score (nSPS) is 21.6. The van der Waals surface area contributed by atoms with Crippen molar-refractivity contribution < 1.29 is 8.42 Å². The van der Waals surface area contributed by atoms with Crippen LogP contribution in [0.2, 0.25) is 0 Å². The molecule has 5 heteroatoms. The van der Waals surface area contributed by atoms with Gasteiger partial charge in [-0.05, 0) is 24.6 Å². The predicted molar refractivity (Wildman–Crippen MR) is 60.9 cm³/mol. The van der Waals surface area contributed by atoms with Gasteiger partial charge in [0.25, 0.3) is 0 Å². The number of benzene rings is 1. The predicted octanol–water partition coefficient (Wildman–Crippen LogP) is 1.48. The Morgan fingerprint density at radius 1 is 1.56 bits per heavy atom. The van der Waals surface area contributed by atoms with E-state index in [4.69, 9.17) is 5.26 Å². The van der Waals surface area contributed by atoms with Gasteiger partial charge in [-0.3, -0.25) is 0 Å². The molecule has 0 saturated heterocycles. The van der Waals surface area contributed by atoms with Gasteiger partial charge in [0.05, 0.1) is 34.9 Å². The second-order valence-corrected chi connectivity index (χ2v) is 5.99. The molecule has 84 valence electrons. The number of sulfone groups is 1. The van der Waals surface area contributed by atoms with E-state index in [1.165, 1.54) is 0 Å². The van der Waals surface area contributed by atoms with Crippen LogP contribution < -0.4 is 5.32 Å². The zero-order valence-corrected chi connectivity index (χ0v) is 9.71. The van der Waals surface area contributed by atoms with E-state index in [1.54, 1.807) is 12.1 Å². The number of nitriles is 1. The van der Waals surface area contributed by atoms with Crippen LogP contribution in [0, 0.1) is 18.3 Å². The topological polar surface area (TPSA) is 70.0 Å². The Bertz CT molecular complexity index is 558. The lowest BCUT2D eigenvalue weighted by Crippen LogP contribution is -2.33. The lowest BCUT2D eigenvalue weighted by molar-refractivity contribution is 0.586. The second kappa shape index (κ2) is 3.80. The maximum Gasteiger partial charge on any atom is 0.182 e. The van der Waals surface area contributed by atoms with Crippen molar-refractivity contribution in [2.45, 2.75) is 24.3 Å². The third-order valence-electron chi connectivity index (χ3n) is 2.59. The number of nitrogens with one attached hydrogen (secondary N) is 1. The fourth-order valence-corrected chi connectivity index (χ4v) is 3.58. The highest BCUT2D eigenvalue weighted by molar-refractivity contribution is 7.91. The van der Waals surface area contributed by atoms with Crippen LogP contribution in [0.1, 0.15) is 12.0 Å². The summed E-state index contributed by atoms with van der Waals surface area (Å²) in [5.74, 6) is -0.00296. The molecule has 0 saturated carbocycles. The van der Waals surface area contributed by atoms with Crippen LogP contribution in [0.3, 0.4) is 0 Å². The van der Waals surface area contributed by atoms with Crippen molar-refractivity contribution in [1.82, 2.24) is 0 Å². The largest absolute Gasteiger partial charge is 0.379 e. The van der Waals surface area contributed by atoms with Gasteiger partial charge in [-0.1, -0.05) is 6.07 Å². The van der Waals surface area contributed by atoms with E-state index in [0.29, 0.717) is 10.6 Å². The first-order valence-corrected chi connectivity index (χ1v) is 6.65. The third kappa shape index (κ3) is 1.89. The Kier molecular flexibility index (Phi) is 2.60. The van der Waals surface area contributed by atoms with Crippen molar-refractivity contribution in [1.29, 1.82) is 5.26 Å². The van der Waals surface area contributed by atoms with Crippen LogP contribution >= 0.6 is 0 Å². The Labute approximate surface area is 94.8 Å². The lowest BCUT2D eigenvalue weighted by Gasteiger charge is -2.25. The minimum Gasteiger partial charge on any atom is -0.379 e. The molecule has 16 heavy (non-hydrogen) atoms. The van der Waals surface area contributed by atoms with Gasteiger partial charge >= 0.3 is 0 Å². The van der Waals surface area contributed by atoms with E-state index >= 15 is 0 Å². The molecule has 0 spiro atoms. The number of fused-ring (bicyclic) bond motifs is 1. The highest BCUT2D eigenvalue weighted by atomic mass is 32.2. The molecule has 1 heterocycles. The van der Waals surface area contributed by atoms with E-state index in [-0.39, 0.29) is 18.2 Å². The van der Waals surface area contributed by atoms with Crippen LogP contribution in [0.25, 0.3) is 0 Å². The average Bonchev–Trinajstić information content (AvgIpc) is 2.19.